The Morgan fingerprint density at radius 1 is 1.29 bits per heavy atom. The first kappa shape index (κ1) is 12.7. The molecular weight excluding hydrogens is 222 g/mol. The van der Waals surface area contributed by atoms with Crippen LogP contribution in [-0.2, 0) is 14.3 Å². The Balaban J connectivity index is 3.00. The first-order valence-electron chi connectivity index (χ1n) is 4.73. The maximum Gasteiger partial charge on any atom is 0.384 e. The van der Waals surface area contributed by atoms with Crippen molar-refractivity contribution >= 4 is 11.9 Å². The van der Waals surface area contributed by atoms with E-state index in [4.69, 9.17) is 0 Å². The van der Waals surface area contributed by atoms with Crippen molar-refractivity contribution in [2.24, 2.45) is 0 Å². The van der Waals surface area contributed by atoms with Crippen molar-refractivity contribution in [3.8, 4) is 11.8 Å². The second-order valence-corrected chi connectivity index (χ2v) is 3.12. The third-order valence-electron chi connectivity index (χ3n) is 1.95. The summed E-state index contributed by atoms with van der Waals surface area (Å²) >= 11 is 0. The number of esters is 2. The lowest BCUT2D eigenvalue weighted by atomic mass is 10.1. The Bertz CT molecular complexity index is 511. The minimum Gasteiger partial charge on any atom is -0.464 e. The van der Waals surface area contributed by atoms with E-state index in [0.717, 1.165) is 0 Å². The summed E-state index contributed by atoms with van der Waals surface area (Å²) in [7, 11) is 2.54. The molecular formula is C12H11NO4. The van der Waals surface area contributed by atoms with Gasteiger partial charge in [0.05, 0.1) is 14.2 Å². The minimum absolute atomic E-state index is 0.233. The molecule has 0 N–H and O–H groups in total. The Morgan fingerprint density at radius 3 is 2.53 bits per heavy atom. The molecule has 0 aliphatic carbocycles. The molecule has 0 atom stereocenters. The van der Waals surface area contributed by atoms with Crippen molar-refractivity contribution in [2.75, 3.05) is 14.2 Å². The highest BCUT2D eigenvalue weighted by atomic mass is 16.5. The van der Waals surface area contributed by atoms with Gasteiger partial charge in [-0.05, 0) is 18.6 Å². The molecule has 0 radical (unpaired) electrons. The van der Waals surface area contributed by atoms with Gasteiger partial charge >= 0.3 is 11.9 Å². The number of nitrogens with zero attached hydrogens (tertiary/aromatic N) is 1. The van der Waals surface area contributed by atoms with E-state index in [2.05, 4.69) is 26.3 Å². The van der Waals surface area contributed by atoms with E-state index in [0.29, 0.717) is 11.1 Å². The van der Waals surface area contributed by atoms with Gasteiger partial charge in [0, 0.05) is 17.7 Å². The molecule has 0 bridgehead atoms. The smallest absolute Gasteiger partial charge is 0.384 e. The number of carbonyl (C=O) groups is 2. The first-order valence-corrected chi connectivity index (χ1v) is 4.73. The number of hydrogen-bond donors (Lipinski definition) is 0. The summed E-state index contributed by atoms with van der Waals surface area (Å²) in [5.41, 5.74) is 1.39. The average Bonchev–Trinajstić information content (AvgIpc) is 2.35. The second-order valence-electron chi connectivity index (χ2n) is 3.12. The van der Waals surface area contributed by atoms with Gasteiger partial charge in [-0.1, -0.05) is 5.92 Å². The Morgan fingerprint density at radius 2 is 2.00 bits per heavy atom. The van der Waals surface area contributed by atoms with Gasteiger partial charge < -0.3 is 9.47 Å². The number of ether oxygens (including phenoxy) is 2. The predicted molar refractivity (Wildman–Crippen MR) is 59.2 cm³/mol. The molecule has 88 valence electrons. The van der Waals surface area contributed by atoms with Crippen LogP contribution < -0.4 is 0 Å². The van der Waals surface area contributed by atoms with E-state index in [1.54, 1.807) is 13.0 Å². The molecule has 1 heterocycles. The lowest BCUT2D eigenvalue weighted by Crippen LogP contribution is -2.06. The van der Waals surface area contributed by atoms with Crippen LogP contribution in [0.1, 0.15) is 21.6 Å². The number of methoxy groups -OCH3 is 2. The lowest BCUT2D eigenvalue weighted by molar-refractivity contribution is -0.133. The molecule has 1 aromatic heterocycles. The quantitative estimate of drug-likeness (QED) is 0.527. The summed E-state index contributed by atoms with van der Waals surface area (Å²) in [6.45, 7) is 1.71. The topological polar surface area (TPSA) is 65.5 Å². The number of aromatic nitrogens is 1. The van der Waals surface area contributed by atoms with E-state index in [9.17, 15) is 9.59 Å². The number of pyridine rings is 1. The van der Waals surface area contributed by atoms with Gasteiger partial charge in [0.15, 0.2) is 5.69 Å². The van der Waals surface area contributed by atoms with E-state index >= 15 is 0 Å². The summed E-state index contributed by atoms with van der Waals surface area (Å²) in [5.74, 6) is 3.72. The summed E-state index contributed by atoms with van der Waals surface area (Å²) in [6, 6.07) is 1.65. The normalized spacial score (nSPS) is 8.88. The van der Waals surface area contributed by atoms with Gasteiger partial charge in [-0.2, -0.15) is 0 Å². The molecule has 0 aliphatic heterocycles. The van der Waals surface area contributed by atoms with Crippen molar-refractivity contribution in [2.45, 2.75) is 6.92 Å². The minimum atomic E-state index is -0.625. The zero-order valence-electron chi connectivity index (χ0n) is 9.73. The molecule has 5 nitrogen and oxygen atoms in total. The van der Waals surface area contributed by atoms with Crippen LogP contribution in [0.3, 0.4) is 0 Å². The summed E-state index contributed by atoms with van der Waals surface area (Å²) in [5, 5.41) is 0. The fourth-order valence-corrected chi connectivity index (χ4v) is 1.13. The summed E-state index contributed by atoms with van der Waals surface area (Å²) < 4.78 is 8.94. The lowest BCUT2D eigenvalue weighted by Gasteiger charge is -2.02. The summed E-state index contributed by atoms with van der Waals surface area (Å²) in [6.07, 6.45) is 1.40. The van der Waals surface area contributed by atoms with Gasteiger partial charge in [0.25, 0.3) is 0 Å². The fraction of sp³-hybridized carbons (Fsp3) is 0.250. The number of aryl methyl sites for hydroxylation is 1. The van der Waals surface area contributed by atoms with Gasteiger partial charge in [-0.15, -0.1) is 0 Å². The highest BCUT2D eigenvalue weighted by Gasteiger charge is 2.10. The molecule has 0 saturated heterocycles. The van der Waals surface area contributed by atoms with Crippen LogP contribution in [0.25, 0.3) is 0 Å². The highest BCUT2D eigenvalue weighted by Crippen LogP contribution is 2.08. The zero-order chi connectivity index (χ0) is 12.8. The maximum atomic E-state index is 11.3. The molecule has 17 heavy (non-hydrogen) atoms. The third-order valence-corrected chi connectivity index (χ3v) is 1.95. The van der Waals surface area contributed by atoms with Gasteiger partial charge in [0.2, 0.25) is 0 Å². The van der Waals surface area contributed by atoms with Gasteiger partial charge in [-0.25, -0.2) is 14.6 Å². The Labute approximate surface area is 98.8 Å². The third kappa shape index (κ3) is 3.31. The standard InChI is InChI=1S/C12H11NO4/c1-8-6-9(4-5-10(14)16-2)7-13-11(8)12(15)17-3/h6-7H,1-3H3. The predicted octanol–water partition coefficient (Wildman–Crippen LogP) is 0.701. The van der Waals surface area contributed by atoms with Crippen molar-refractivity contribution < 1.29 is 19.1 Å². The number of carbonyl (C=O) groups excluding carboxylic acids is 2. The van der Waals surface area contributed by atoms with Crippen LogP contribution in [0, 0.1) is 18.8 Å². The maximum absolute atomic E-state index is 11.3. The van der Waals surface area contributed by atoms with Crippen LogP contribution in [0.2, 0.25) is 0 Å². The molecule has 0 fully saturated rings. The molecule has 1 rings (SSSR count). The Kier molecular flexibility index (Phi) is 4.23. The van der Waals surface area contributed by atoms with Crippen molar-refractivity contribution in [1.29, 1.82) is 0 Å². The second kappa shape index (κ2) is 5.66. The number of hydrogen-bond acceptors (Lipinski definition) is 5. The zero-order valence-corrected chi connectivity index (χ0v) is 9.73. The van der Waals surface area contributed by atoms with Crippen LogP contribution in [0.4, 0.5) is 0 Å². The van der Waals surface area contributed by atoms with Gasteiger partial charge in [-0.3, -0.25) is 0 Å². The monoisotopic (exact) mass is 233 g/mol. The highest BCUT2D eigenvalue weighted by molar-refractivity contribution is 5.90. The van der Waals surface area contributed by atoms with E-state index in [-0.39, 0.29) is 5.69 Å². The van der Waals surface area contributed by atoms with E-state index in [1.807, 2.05) is 0 Å². The molecule has 0 aliphatic rings. The number of rotatable bonds is 1. The molecule has 0 spiro atoms. The average molecular weight is 233 g/mol. The van der Waals surface area contributed by atoms with Crippen LogP contribution >= 0.6 is 0 Å². The van der Waals surface area contributed by atoms with Crippen molar-refractivity contribution in [3.63, 3.8) is 0 Å². The van der Waals surface area contributed by atoms with Gasteiger partial charge in [0.1, 0.15) is 0 Å². The first-order chi connectivity index (χ1) is 8.08. The largest absolute Gasteiger partial charge is 0.464 e. The molecule has 0 amide bonds. The van der Waals surface area contributed by atoms with Crippen LogP contribution in [-0.4, -0.2) is 31.1 Å². The van der Waals surface area contributed by atoms with E-state index < -0.39 is 11.9 Å². The molecule has 0 aromatic carbocycles. The van der Waals surface area contributed by atoms with E-state index in [1.165, 1.54) is 20.4 Å². The molecule has 0 unspecified atom stereocenters. The SMILES string of the molecule is COC(=O)C#Cc1cnc(C(=O)OC)c(C)c1. The van der Waals surface area contributed by atoms with Crippen LogP contribution in [0.15, 0.2) is 12.3 Å². The van der Waals surface area contributed by atoms with Crippen LogP contribution in [0.5, 0.6) is 0 Å². The fourth-order valence-electron chi connectivity index (χ4n) is 1.13. The summed E-state index contributed by atoms with van der Waals surface area (Å²) in [4.78, 5) is 26.0. The van der Waals surface area contributed by atoms with Crippen molar-refractivity contribution in [3.05, 3.63) is 29.1 Å². The molecule has 1 aromatic rings. The Hall–Kier alpha value is -2.35. The molecule has 5 heteroatoms. The molecule has 0 saturated carbocycles. The van der Waals surface area contributed by atoms with Crippen molar-refractivity contribution in [1.82, 2.24) is 4.98 Å².